The van der Waals surface area contributed by atoms with Crippen molar-refractivity contribution in [3.63, 3.8) is 0 Å². The van der Waals surface area contributed by atoms with Crippen LogP contribution in [0, 0.1) is 11.3 Å². The first-order chi connectivity index (χ1) is 10.8. The highest BCUT2D eigenvalue weighted by Crippen LogP contribution is 2.14. The van der Waals surface area contributed by atoms with Gasteiger partial charge in [0, 0.05) is 13.0 Å². The van der Waals surface area contributed by atoms with Crippen molar-refractivity contribution in [3.8, 4) is 6.07 Å². The summed E-state index contributed by atoms with van der Waals surface area (Å²) in [7, 11) is 0. The lowest BCUT2D eigenvalue weighted by Gasteiger charge is -2.07. The fourth-order valence-corrected chi connectivity index (χ4v) is 2.00. The first-order valence-corrected chi connectivity index (χ1v) is 7.20. The summed E-state index contributed by atoms with van der Waals surface area (Å²) in [5, 5.41) is 11.7. The maximum atomic E-state index is 11.8. The molecular formula is C18H18N2O2. The third kappa shape index (κ3) is 5.04. The number of carbonyl (C=O) groups excluding carboxylic acids is 1. The molecule has 0 radical (unpaired) electrons. The van der Waals surface area contributed by atoms with Crippen molar-refractivity contribution in [2.45, 2.75) is 19.4 Å². The van der Waals surface area contributed by atoms with E-state index in [4.69, 9.17) is 10.00 Å². The lowest BCUT2D eigenvalue weighted by molar-refractivity contribution is -0.116. The van der Waals surface area contributed by atoms with Crippen LogP contribution in [0.2, 0.25) is 0 Å². The second-order valence-corrected chi connectivity index (χ2v) is 4.85. The zero-order chi connectivity index (χ0) is 15.6. The van der Waals surface area contributed by atoms with Gasteiger partial charge in [0.1, 0.15) is 6.07 Å². The molecule has 0 atom stereocenters. The smallest absolute Gasteiger partial charge is 0.224 e. The minimum absolute atomic E-state index is 0.106. The van der Waals surface area contributed by atoms with E-state index in [1.165, 1.54) is 0 Å². The molecule has 0 aliphatic heterocycles. The predicted molar refractivity (Wildman–Crippen MR) is 85.1 cm³/mol. The Labute approximate surface area is 130 Å². The first-order valence-electron chi connectivity index (χ1n) is 7.20. The standard InChI is InChI=1S/C18H18N2O2/c19-13-16-9-4-5-10-17(16)20-18(21)11-6-12-22-14-15-7-2-1-3-8-15/h1-5,7-10H,6,11-12,14H2,(H,20,21). The van der Waals surface area contributed by atoms with Gasteiger partial charge in [0.2, 0.25) is 5.91 Å². The van der Waals surface area contributed by atoms with Crippen molar-refractivity contribution < 1.29 is 9.53 Å². The van der Waals surface area contributed by atoms with Crippen LogP contribution in [0.3, 0.4) is 0 Å². The van der Waals surface area contributed by atoms with Crippen LogP contribution in [0.4, 0.5) is 5.69 Å². The topological polar surface area (TPSA) is 62.1 Å². The van der Waals surface area contributed by atoms with E-state index in [-0.39, 0.29) is 5.91 Å². The van der Waals surface area contributed by atoms with E-state index in [9.17, 15) is 4.79 Å². The summed E-state index contributed by atoms with van der Waals surface area (Å²) in [5.41, 5.74) is 2.14. The highest BCUT2D eigenvalue weighted by Gasteiger charge is 2.05. The van der Waals surface area contributed by atoms with Gasteiger partial charge in [-0.1, -0.05) is 42.5 Å². The monoisotopic (exact) mass is 294 g/mol. The molecule has 0 heterocycles. The van der Waals surface area contributed by atoms with E-state index in [0.717, 1.165) is 5.56 Å². The lowest BCUT2D eigenvalue weighted by Crippen LogP contribution is -2.13. The quantitative estimate of drug-likeness (QED) is 0.795. The van der Waals surface area contributed by atoms with Crippen LogP contribution in [0.1, 0.15) is 24.0 Å². The Balaban J connectivity index is 1.67. The van der Waals surface area contributed by atoms with E-state index < -0.39 is 0 Å². The van der Waals surface area contributed by atoms with Gasteiger partial charge in [-0.2, -0.15) is 5.26 Å². The molecule has 2 aromatic carbocycles. The molecule has 2 aromatic rings. The van der Waals surface area contributed by atoms with Gasteiger partial charge in [-0.25, -0.2) is 0 Å². The van der Waals surface area contributed by atoms with Crippen LogP contribution in [-0.2, 0) is 16.1 Å². The van der Waals surface area contributed by atoms with E-state index >= 15 is 0 Å². The molecule has 0 fully saturated rings. The van der Waals surface area contributed by atoms with Crippen molar-refractivity contribution >= 4 is 11.6 Å². The van der Waals surface area contributed by atoms with Gasteiger partial charge in [-0.05, 0) is 24.1 Å². The van der Waals surface area contributed by atoms with Crippen molar-refractivity contribution in [1.82, 2.24) is 0 Å². The summed E-state index contributed by atoms with van der Waals surface area (Å²) >= 11 is 0. The van der Waals surface area contributed by atoms with Crippen LogP contribution >= 0.6 is 0 Å². The minimum Gasteiger partial charge on any atom is -0.377 e. The van der Waals surface area contributed by atoms with Gasteiger partial charge >= 0.3 is 0 Å². The second-order valence-electron chi connectivity index (χ2n) is 4.85. The molecule has 1 amide bonds. The molecule has 0 aliphatic rings. The fraction of sp³-hybridized carbons (Fsp3) is 0.222. The summed E-state index contributed by atoms with van der Waals surface area (Å²) in [6, 6.07) is 18.9. The number of nitrogens with one attached hydrogen (secondary N) is 1. The number of para-hydroxylation sites is 1. The molecule has 0 saturated heterocycles. The number of ether oxygens (including phenoxy) is 1. The van der Waals surface area contributed by atoms with Crippen LogP contribution in [-0.4, -0.2) is 12.5 Å². The van der Waals surface area contributed by atoms with Crippen molar-refractivity contribution in [2.24, 2.45) is 0 Å². The Morgan fingerprint density at radius 3 is 2.59 bits per heavy atom. The number of rotatable bonds is 7. The molecule has 22 heavy (non-hydrogen) atoms. The minimum atomic E-state index is -0.106. The van der Waals surface area contributed by atoms with Gasteiger partial charge < -0.3 is 10.1 Å². The highest BCUT2D eigenvalue weighted by molar-refractivity contribution is 5.92. The molecule has 1 N–H and O–H groups in total. The predicted octanol–water partition coefficient (Wildman–Crippen LogP) is 3.49. The molecule has 4 nitrogen and oxygen atoms in total. The zero-order valence-electron chi connectivity index (χ0n) is 12.3. The molecule has 0 bridgehead atoms. The molecule has 0 aromatic heterocycles. The summed E-state index contributed by atoms with van der Waals surface area (Å²) in [5.74, 6) is -0.106. The third-order valence-corrected chi connectivity index (χ3v) is 3.13. The molecule has 0 aliphatic carbocycles. The zero-order valence-corrected chi connectivity index (χ0v) is 12.3. The number of amides is 1. The largest absolute Gasteiger partial charge is 0.377 e. The number of benzene rings is 2. The van der Waals surface area contributed by atoms with Crippen LogP contribution in [0.15, 0.2) is 54.6 Å². The van der Waals surface area contributed by atoms with E-state index in [1.807, 2.05) is 30.3 Å². The molecule has 0 spiro atoms. The summed E-state index contributed by atoms with van der Waals surface area (Å²) in [6.45, 7) is 1.09. The average molecular weight is 294 g/mol. The number of nitriles is 1. The Morgan fingerprint density at radius 2 is 1.82 bits per heavy atom. The van der Waals surface area contributed by atoms with Gasteiger partial charge in [0.15, 0.2) is 0 Å². The Bertz CT molecular complexity index is 648. The molecule has 0 unspecified atom stereocenters. The first kappa shape index (κ1) is 15.7. The Kier molecular flexibility index (Phi) is 6.16. The van der Waals surface area contributed by atoms with Gasteiger partial charge in [-0.3, -0.25) is 4.79 Å². The van der Waals surface area contributed by atoms with Crippen LogP contribution < -0.4 is 5.32 Å². The third-order valence-electron chi connectivity index (χ3n) is 3.13. The van der Waals surface area contributed by atoms with E-state index in [1.54, 1.807) is 24.3 Å². The SMILES string of the molecule is N#Cc1ccccc1NC(=O)CCCOCc1ccccc1. The normalized spacial score (nSPS) is 9.95. The number of hydrogen-bond acceptors (Lipinski definition) is 3. The molecular weight excluding hydrogens is 276 g/mol. The summed E-state index contributed by atoms with van der Waals surface area (Å²) in [6.07, 6.45) is 1.02. The Hall–Kier alpha value is -2.64. The molecule has 0 saturated carbocycles. The molecule has 112 valence electrons. The number of anilines is 1. The molecule has 2 rings (SSSR count). The van der Waals surface area contributed by atoms with Gasteiger partial charge in [-0.15, -0.1) is 0 Å². The van der Waals surface area contributed by atoms with Crippen molar-refractivity contribution in [1.29, 1.82) is 5.26 Å². The second kappa shape index (κ2) is 8.60. The average Bonchev–Trinajstić information content (AvgIpc) is 2.56. The number of hydrogen-bond donors (Lipinski definition) is 1. The lowest BCUT2D eigenvalue weighted by atomic mass is 10.2. The maximum Gasteiger partial charge on any atom is 0.224 e. The van der Waals surface area contributed by atoms with Gasteiger partial charge in [0.25, 0.3) is 0 Å². The Morgan fingerprint density at radius 1 is 1.09 bits per heavy atom. The fourth-order valence-electron chi connectivity index (χ4n) is 2.00. The van der Waals surface area contributed by atoms with Crippen LogP contribution in [0.25, 0.3) is 0 Å². The number of nitrogens with zero attached hydrogens (tertiary/aromatic N) is 1. The maximum absolute atomic E-state index is 11.8. The summed E-state index contributed by atoms with van der Waals surface area (Å²) < 4.78 is 5.53. The van der Waals surface area contributed by atoms with E-state index in [0.29, 0.717) is 37.3 Å². The highest BCUT2D eigenvalue weighted by atomic mass is 16.5. The van der Waals surface area contributed by atoms with Crippen molar-refractivity contribution in [3.05, 3.63) is 65.7 Å². The molecule has 4 heteroatoms. The van der Waals surface area contributed by atoms with E-state index in [2.05, 4.69) is 11.4 Å². The number of carbonyl (C=O) groups is 1. The van der Waals surface area contributed by atoms with Crippen molar-refractivity contribution in [2.75, 3.05) is 11.9 Å². The van der Waals surface area contributed by atoms with Crippen LogP contribution in [0.5, 0.6) is 0 Å². The summed E-state index contributed by atoms with van der Waals surface area (Å²) in [4.78, 5) is 11.8. The van der Waals surface area contributed by atoms with Gasteiger partial charge in [0.05, 0.1) is 17.9 Å².